The number of fused-ring (bicyclic) bond motifs is 1. The van der Waals surface area contributed by atoms with Crippen molar-refractivity contribution < 1.29 is 24.2 Å². The highest BCUT2D eigenvalue weighted by atomic mass is 79.9. The number of nitrogens with zero attached hydrogens (tertiary/aromatic N) is 1. The normalized spacial score (nSPS) is 32.6. The van der Waals surface area contributed by atoms with Crippen LogP contribution in [0.15, 0.2) is 18.2 Å². The number of aliphatic hydroxyl groups is 1. The minimum absolute atomic E-state index is 0.154. The van der Waals surface area contributed by atoms with Gasteiger partial charge in [-0.2, -0.15) is 0 Å². The van der Waals surface area contributed by atoms with Crippen molar-refractivity contribution in [3.05, 3.63) is 29.3 Å². The van der Waals surface area contributed by atoms with Crippen LogP contribution in [0.5, 0.6) is 0 Å². The van der Waals surface area contributed by atoms with E-state index < -0.39 is 35.6 Å². The van der Waals surface area contributed by atoms with Gasteiger partial charge in [0.2, 0.25) is 17.7 Å². The molecule has 8 nitrogen and oxygen atoms in total. The molecule has 2 bridgehead atoms. The Morgan fingerprint density at radius 3 is 2.53 bits per heavy atom. The number of hydrogen-bond acceptors (Lipinski definition) is 5. The molecule has 3 amide bonds. The molecule has 1 spiro atoms. The van der Waals surface area contributed by atoms with Crippen LogP contribution in [-0.2, 0) is 19.1 Å². The number of aliphatic hydroxyl groups excluding tert-OH is 1. The number of anilines is 1. The quantitative estimate of drug-likeness (QED) is 0.442. The molecule has 1 aromatic carbocycles. The molecule has 3 unspecified atom stereocenters. The van der Waals surface area contributed by atoms with E-state index in [2.05, 4.69) is 26.6 Å². The van der Waals surface area contributed by atoms with Crippen molar-refractivity contribution in [2.75, 3.05) is 18.5 Å². The Bertz CT molecular complexity index is 963. The van der Waals surface area contributed by atoms with Crippen LogP contribution in [0.4, 0.5) is 5.69 Å². The van der Waals surface area contributed by atoms with Gasteiger partial charge in [-0.05, 0) is 44.2 Å². The summed E-state index contributed by atoms with van der Waals surface area (Å²) in [4.78, 5) is 42.3. The highest BCUT2D eigenvalue weighted by Crippen LogP contribution is 2.60. The Kier molecular flexibility index (Phi) is 7.09. The maximum atomic E-state index is 13.9. The fourth-order valence-electron chi connectivity index (χ4n) is 6.04. The van der Waals surface area contributed by atoms with Crippen LogP contribution in [0.25, 0.3) is 0 Å². The summed E-state index contributed by atoms with van der Waals surface area (Å²) in [5.41, 5.74) is 1.41. The van der Waals surface area contributed by atoms with Crippen molar-refractivity contribution in [1.29, 1.82) is 0 Å². The molecule has 0 radical (unpaired) electrons. The summed E-state index contributed by atoms with van der Waals surface area (Å²) in [7, 11) is 0. The number of rotatable bonds is 8. The van der Waals surface area contributed by atoms with Gasteiger partial charge in [0.1, 0.15) is 11.6 Å². The summed E-state index contributed by atoms with van der Waals surface area (Å²) in [6.07, 6.45) is 1.21. The summed E-state index contributed by atoms with van der Waals surface area (Å²) in [5.74, 6) is -2.31. The molecular weight excluding hydrogens is 502 g/mol. The Hall–Kier alpha value is -1.97. The zero-order valence-electron chi connectivity index (χ0n) is 20.1. The molecule has 34 heavy (non-hydrogen) atoms. The highest BCUT2D eigenvalue weighted by molar-refractivity contribution is 9.09. The topological polar surface area (TPSA) is 108 Å². The summed E-state index contributed by atoms with van der Waals surface area (Å²) in [5, 5.41) is 16.1. The molecule has 7 atom stereocenters. The molecule has 1 aromatic rings. The Balaban J connectivity index is 1.77. The van der Waals surface area contributed by atoms with Crippen molar-refractivity contribution in [1.82, 2.24) is 10.2 Å². The van der Waals surface area contributed by atoms with Crippen molar-refractivity contribution in [3.8, 4) is 0 Å². The third kappa shape index (κ3) is 3.76. The third-order valence-corrected chi connectivity index (χ3v) is 8.48. The predicted octanol–water partition coefficient (Wildman–Crippen LogP) is 2.29. The van der Waals surface area contributed by atoms with Gasteiger partial charge in [-0.25, -0.2) is 0 Å². The molecule has 0 aromatic heterocycles. The number of amides is 3. The molecule has 4 rings (SSSR count). The minimum Gasteiger partial charge on any atom is -0.394 e. The standard InChI is InChI=1S/C25H34BrN3O5/c1-5-10-27-22(31)17-18-24(33)29(15(6-2)12-30)21(25(18)11-16(26)20(17)34-25)23(32)28-19-13(3)8-7-9-14(19)4/h7-9,15-18,20-21,30H,5-6,10-12H2,1-4H3,(H,27,31)(H,28,32)/t15-,16?,17+,18-,20+,21?,25?/m0/s1. The van der Waals surface area contributed by atoms with Gasteiger partial charge in [0, 0.05) is 17.1 Å². The van der Waals surface area contributed by atoms with Crippen molar-refractivity contribution in [2.45, 2.75) is 75.6 Å². The molecule has 3 fully saturated rings. The Labute approximate surface area is 208 Å². The van der Waals surface area contributed by atoms with Gasteiger partial charge in [-0.3, -0.25) is 14.4 Å². The lowest BCUT2D eigenvalue weighted by Gasteiger charge is -2.36. The summed E-state index contributed by atoms with van der Waals surface area (Å²) in [6, 6.07) is 4.27. The molecule has 0 aliphatic carbocycles. The van der Waals surface area contributed by atoms with E-state index in [9.17, 15) is 19.5 Å². The van der Waals surface area contributed by atoms with Crippen LogP contribution in [0.1, 0.15) is 44.2 Å². The average Bonchev–Trinajstić information content (AvgIpc) is 3.39. The number of aryl methyl sites for hydroxylation is 2. The second kappa shape index (κ2) is 9.59. The first-order chi connectivity index (χ1) is 16.2. The molecule has 3 heterocycles. The van der Waals surface area contributed by atoms with Crippen LogP contribution in [0, 0.1) is 25.7 Å². The maximum Gasteiger partial charge on any atom is 0.250 e. The van der Waals surface area contributed by atoms with Crippen LogP contribution < -0.4 is 10.6 Å². The smallest absolute Gasteiger partial charge is 0.250 e. The van der Waals surface area contributed by atoms with Crippen LogP contribution in [-0.4, -0.2) is 69.5 Å². The second-order valence-electron chi connectivity index (χ2n) is 9.70. The highest BCUT2D eigenvalue weighted by Gasteiger charge is 2.76. The summed E-state index contributed by atoms with van der Waals surface area (Å²) < 4.78 is 6.47. The maximum absolute atomic E-state index is 13.9. The number of halogens is 1. The number of ether oxygens (including phenoxy) is 1. The largest absolute Gasteiger partial charge is 0.394 e. The molecule has 3 N–H and O–H groups in total. The SMILES string of the molecule is CCCNC(=O)[C@H]1[C@@H]2OC3(CC2Br)C(C(=O)Nc2c(C)cccc2C)N([C@@H](CC)CO)C(=O)[C@H]13. The average molecular weight is 536 g/mol. The molecule has 0 saturated carbocycles. The van der Waals surface area contributed by atoms with Gasteiger partial charge >= 0.3 is 0 Å². The molecule has 9 heteroatoms. The number of carbonyl (C=O) groups excluding carboxylic acids is 3. The fraction of sp³-hybridized carbons (Fsp3) is 0.640. The zero-order valence-corrected chi connectivity index (χ0v) is 21.7. The number of alkyl halides is 1. The van der Waals surface area contributed by atoms with Gasteiger partial charge in [-0.1, -0.05) is 48.0 Å². The van der Waals surface area contributed by atoms with Crippen molar-refractivity contribution in [2.24, 2.45) is 11.8 Å². The lowest BCUT2D eigenvalue weighted by molar-refractivity contribution is -0.144. The van der Waals surface area contributed by atoms with E-state index in [0.29, 0.717) is 25.1 Å². The number of para-hydroxylation sites is 1. The van der Waals surface area contributed by atoms with E-state index in [-0.39, 0.29) is 29.2 Å². The molecule has 186 valence electrons. The lowest BCUT2D eigenvalue weighted by atomic mass is 9.70. The van der Waals surface area contributed by atoms with Gasteiger partial charge < -0.3 is 25.4 Å². The first-order valence-electron chi connectivity index (χ1n) is 12.1. The van der Waals surface area contributed by atoms with Gasteiger partial charge in [0.25, 0.3) is 0 Å². The first kappa shape index (κ1) is 25.1. The number of nitrogens with one attached hydrogen (secondary N) is 2. The van der Waals surface area contributed by atoms with E-state index >= 15 is 0 Å². The predicted molar refractivity (Wildman–Crippen MR) is 132 cm³/mol. The number of likely N-dealkylation sites (tertiary alicyclic amines) is 1. The van der Waals surface area contributed by atoms with Gasteiger partial charge in [-0.15, -0.1) is 0 Å². The third-order valence-electron chi connectivity index (χ3n) is 7.63. The van der Waals surface area contributed by atoms with Crippen molar-refractivity contribution in [3.63, 3.8) is 0 Å². The van der Waals surface area contributed by atoms with Crippen LogP contribution in [0.3, 0.4) is 0 Å². The van der Waals surface area contributed by atoms with E-state index in [0.717, 1.165) is 17.5 Å². The molecular formula is C25H34BrN3O5. The summed E-state index contributed by atoms with van der Waals surface area (Å²) in [6.45, 7) is 7.92. The van der Waals surface area contributed by atoms with Crippen LogP contribution >= 0.6 is 15.9 Å². The zero-order chi connectivity index (χ0) is 24.8. The minimum atomic E-state index is -1.13. The monoisotopic (exact) mass is 535 g/mol. The lowest BCUT2D eigenvalue weighted by Crippen LogP contribution is -2.56. The molecule has 3 saturated heterocycles. The first-order valence-corrected chi connectivity index (χ1v) is 13.0. The Morgan fingerprint density at radius 2 is 1.94 bits per heavy atom. The van der Waals surface area contributed by atoms with E-state index in [1.165, 1.54) is 4.90 Å². The van der Waals surface area contributed by atoms with E-state index in [4.69, 9.17) is 4.74 Å². The van der Waals surface area contributed by atoms with E-state index in [1.54, 1.807) is 0 Å². The Morgan fingerprint density at radius 1 is 1.26 bits per heavy atom. The number of benzene rings is 1. The fourth-order valence-corrected chi connectivity index (χ4v) is 6.99. The summed E-state index contributed by atoms with van der Waals surface area (Å²) >= 11 is 3.67. The molecule has 3 aliphatic heterocycles. The number of carbonyl (C=O) groups is 3. The van der Waals surface area contributed by atoms with E-state index in [1.807, 2.05) is 45.9 Å². The van der Waals surface area contributed by atoms with Gasteiger partial charge in [0.15, 0.2) is 0 Å². The van der Waals surface area contributed by atoms with Crippen molar-refractivity contribution >= 4 is 39.3 Å². The van der Waals surface area contributed by atoms with Gasteiger partial charge in [0.05, 0.1) is 30.6 Å². The second-order valence-corrected chi connectivity index (χ2v) is 10.9. The van der Waals surface area contributed by atoms with Crippen LogP contribution in [0.2, 0.25) is 0 Å². The molecule has 3 aliphatic rings. The number of hydrogen-bond donors (Lipinski definition) is 3.